The number of likely N-dealkylation sites (N-methyl/N-ethyl adjacent to an activating group) is 1. The van der Waals surface area contributed by atoms with Crippen LogP contribution in [-0.2, 0) is 4.74 Å². The lowest BCUT2D eigenvalue weighted by molar-refractivity contribution is 0.115. The molecule has 2 rings (SSSR count). The molecule has 0 N–H and O–H groups in total. The smallest absolute Gasteiger partial charge is 0.101 e. The van der Waals surface area contributed by atoms with Crippen LogP contribution >= 0.6 is 0 Å². The van der Waals surface area contributed by atoms with Crippen LogP contribution in [-0.4, -0.2) is 25.8 Å². The highest BCUT2D eigenvalue weighted by Crippen LogP contribution is 2.23. The van der Waals surface area contributed by atoms with Crippen LogP contribution < -0.4 is 4.90 Å². The number of hydrogen-bond donors (Lipinski definition) is 0. The molecule has 3 nitrogen and oxygen atoms in total. The fourth-order valence-electron chi connectivity index (χ4n) is 2.45. The highest BCUT2D eigenvalue weighted by molar-refractivity contribution is 5.60. The molecular weight excluding hydrogens is 224 g/mol. The SMILES string of the molecule is CCN(CC1CCCO1)c1ccc(C)cc1C#N. The zero-order valence-corrected chi connectivity index (χ0v) is 11.1. The predicted molar refractivity (Wildman–Crippen MR) is 72.8 cm³/mol. The summed E-state index contributed by atoms with van der Waals surface area (Å²) in [6, 6.07) is 8.36. The molecule has 1 aliphatic heterocycles. The van der Waals surface area contributed by atoms with Gasteiger partial charge >= 0.3 is 0 Å². The Hall–Kier alpha value is -1.53. The van der Waals surface area contributed by atoms with Crippen molar-refractivity contribution >= 4 is 5.69 Å². The molecule has 1 saturated heterocycles. The number of anilines is 1. The summed E-state index contributed by atoms with van der Waals surface area (Å²) in [5, 5.41) is 9.24. The van der Waals surface area contributed by atoms with Gasteiger partial charge < -0.3 is 9.64 Å². The van der Waals surface area contributed by atoms with Gasteiger partial charge in [0.2, 0.25) is 0 Å². The summed E-state index contributed by atoms with van der Waals surface area (Å²) in [5.74, 6) is 0. The van der Waals surface area contributed by atoms with Crippen LogP contribution in [0.15, 0.2) is 18.2 Å². The van der Waals surface area contributed by atoms with Gasteiger partial charge in [-0.15, -0.1) is 0 Å². The third kappa shape index (κ3) is 2.83. The Morgan fingerprint density at radius 3 is 2.94 bits per heavy atom. The van der Waals surface area contributed by atoms with Crippen molar-refractivity contribution in [3.05, 3.63) is 29.3 Å². The van der Waals surface area contributed by atoms with E-state index in [0.717, 1.165) is 49.4 Å². The van der Waals surface area contributed by atoms with Gasteiger partial charge in [-0.3, -0.25) is 0 Å². The molecule has 0 saturated carbocycles. The van der Waals surface area contributed by atoms with E-state index in [0.29, 0.717) is 6.10 Å². The van der Waals surface area contributed by atoms with Gasteiger partial charge in [-0.05, 0) is 44.4 Å². The first-order chi connectivity index (χ1) is 8.74. The number of nitriles is 1. The van der Waals surface area contributed by atoms with E-state index in [1.165, 1.54) is 0 Å². The number of hydrogen-bond acceptors (Lipinski definition) is 3. The number of benzene rings is 1. The van der Waals surface area contributed by atoms with Crippen molar-refractivity contribution in [3.63, 3.8) is 0 Å². The molecular formula is C15H20N2O. The summed E-state index contributed by atoms with van der Waals surface area (Å²) >= 11 is 0. The molecule has 0 radical (unpaired) electrons. The van der Waals surface area contributed by atoms with E-state index >= 15 is 0 Å². The fraction of sp³-hybridized carbons (Fsp3) is 0.533. The second kappa shape index (κ2) is 5.88. The lowest BCUT2D eigenvalue weighted by atomic mass is 10.1. The van der Waals surface area contributed by atoms with E-state index in [1.807, 2.05) is 19.1 Å². The second-order valence-electron chi connectivity index (χ2n) is 4.81. The molecule has 1 aromatic carbocycles. The minimum Gasteiger partial charge on any atom is -0.376 e. The zero-order chi connectivity index (χ0) is 13.0. The first-order valence-corrected chi connectivity index (χ1v) is 6.62. The largest absolute Gasteiger partial charge is 0.376 e. The van der Waals surface area contributed by atoms with Gasteiger partial charge in [-0.1, -0.05) is 6.07 Å². The van der Waals surface area contributed by atoms with Crippen molar-refractivity contribution in [1.29, 1.82) is 5.26 Å². The molecule has 1 heterocycles. The van der Waals surface area contributed by atoms with Gasteiger partial charge in [-0.2, -0.15) is 5.26 Å². The molecule has 18 heavy (non-hydrogen) atoms. The molecule has 3 heteroatoms. The maximum atomic E-state index is 9.24. The molecule has 0 spiro atoms. The molecule has 1 unspecified atom stereocenters. The predicted octanol–water partition coefficient (Wildman–Crippen LogP) is 2.87. The van der Waals surface area contributed by atoms with Crippen molar-refractivity contribution in [2.24, 2.45) is 0 Å². The third-order valence-electron chi connectivity index (χ3n) is 3.44. The summed E-state index contributed by atoms with van der Waals surface area (Å²) in [6.45, 7) is 6.80. The molecule has 1 aromatic rings. The number of nitrogens with zero attached hydrogens (tertiary/aromatic N) is 2. The van der Waals surface area contributed by atoms with Crippen LogP contribution in [0.5, 0.6) is 0 Å². The van der Waals surface area contributed by atoms with Gasteiger partial charge in [0.15, 0.2) is 0 Å². The molecule has 0 bridgehead atoms. The number of rotatable bonds is 4. The van der Waals surface area contributed by atoms with Gasteiger partial charge in [0.1, 0.15) is 6.07 Å². The highest BCUT2D eigenvalue weighted by Gasteiger charge is 2.20. The van der Waals surface area contributed by atoms with Crippen LogP contribution in [0.4, 0.5) is 5.69 Å². The lowest BCUT2D eigenvalue weighted by Gasteiger charge is -2.27. The van der Waals surface area contributed by atoms with Gasteiger partial charge in [-0.25, -0.2) is 0 Å². The fourth-order valence-corrected chi connectivity index (χ4v) is 2.45. The maximum Gasteiger partial charge on any atom is 0.101 e. The van der Waals surface area contributed by atoms with E-state index in [4.69, 9.17) is 4.74 Å². The standard InChI is InChI=1S/C15H20N2O/c1-3-17(11-14-5-4-8-18-14)15-7-6-12(2)9-13(15)10-16/h6-7,9,14H,3-5,8,11H2,1-2H3. The van der Waals surface area contributed by atoms with Gasteiger partial charge in [0, 0.05) is 19.7 Å². The minimum atomic E-state index is 0.317. The molecule has 0 aliphatic carbocycles. The van der Waals surface area contributed by atoms with Crippen LogP contribution in [0.1, 0.15) is 30.9 Å². The van der Waals surface area contributed by atoms with Crippen LogP contribution in [0.3, 0.4) is 0 Å². The summed E-state index contributed by atoms with van der Waals surface area (Å²) in [6.07, 6.45) is 2.60. The first-order valence-electron chi connectivity index (χ1n) is 6.62. The van der Waals surface area contributed by atoms with Crippen molar-refractivity contribution in [2.45, 2.75) is 32.8 Å². The van der Waals surface area contributed by atoms with E-state index in [2.05, 4.69) is 24.0 Å². The molecule has 1 fully saturated rings. The average Bonchev–Trinajstić information content (AvgIpc) is 2.89. The Morgan fingerprint density at radius 2 is 2.33 bits per heavy atom. The second-order valence-corrected chi connectivity index (χ2v) is 4.81. The Morgan fingerprint density at radius 1 is 1.50 bits per heavy atom. The summed E-state index contributed by atoms with van der Waals surface area (Å²) in [4.78, 5) is 2.24. The third-order valence-corrected chi connectivity index (χ3v) is 3.44. The molecule has 1 aliphatic rings. The molecule has 0 amide bonds. The topological polar surface area (TPSA) is 36.3 Å². The van der Waals surface area contributed by atoms with Gasteiger partial charge in [0.05, 0.1) is 17.4 Å². The molecule has 1 atom stereocenters. The van der Waals surface area contributed by atoms with Crippen LogP contribution in [0.2, 0.25) is 0 Å². The summed E-state index contributed by atoms with van der Waals surface area (Å²) in [5.41, 5.74) is 2.92. The van der Waals surface area contributed by atoms with Crippen molar-refractivity contribution in [2.75, 3.05) is 24.6 Å². The monoisotopic (exact) mass is 244 g/mol. The molecule has 96 valence electrons. The van der Waals surface area contributed by atoms with Crippen LogP contribution in [0.25, 0.3) is 0 Å². The Kier molecular flexibility index (Phi) is 4.22. The van der Waals surface area contributed by atoms with Crippen molar-refractivity contribution in [3.8, 4) is 6.07 Å². The van der Waals surface area contributed by atoms with E-state index in [1.54, 1.807) is 0 Å². The quantitative estimate of drug-likeness (QED) is 0.817. The number of aryl methyl sites for hydroxylation is 1. The first kappa shape index (κ1) is 12.9. The van der Waals surface area contributed by atoms with Crippen molar-refractivity contribution < 1.29 is 4.74 Å². The average molecular weight is 244 g/mol. The Balaban J connectivity index is 2.18. The Bertz CT molecular complexity index is 444. The normalized spacial score (nSPS) is 18.6. The Labute approximate surface area is 109 Å². The van der Waals surface area contributed by atoms with E-state index < -0.39 is 0 Å². The number of ether oxygens (including phenoxy) is 1. The lowest BCUT2D eigenvalue weighted by Crippen LogP contribution is -2.32. The van der Waals surface area contributed by atoms with Crippen LogP contribution in [0, 0.1) is 18.3 Å². The van der Waals surface area contributed by atoms with Crippen molar-refractivity contribution in [1.82, 2.24) is 0 Å². The highest BCUT2D eigenvalue weighted by atomic mass is 16.5. The van der Waals surface area contributed by atoms with Gasteiger partial charge in [0.25, 0.3) is 0 Å². The zero-order valence-electron chi connectivity index (χ0n) is 11.1. The summed E-state index contributed by atoms with van der Waals surface area (Å²) in [7, 11) is 0. The minimum absolute atomic E-state index is 0.317. The van der Waals surface area contributed by atoms with E-state index in [9.17, 15) is 5.26 Å². The van der Waals surface area contributed by atoms with E-state index in [-0.39, 0.29) is 0 Å². The summed E-state index contributed by atoms with van der Waals surface area (Å²) < 4.78 is 5.68. The molecule has 0 aromatic heterocycles. The maximum absolute atomic E-state index is 9.24.